The smallest absolute Gasteiger partial charge is 0.0489 e. The van der Waals surface area contributed by atoms with Crippen LogP contribution in [0.1, 0.15) is 36.0 Å². The number of H-pyrrole nitrogens is 1. The maximum atomic E-state index is 3.58. The van der Waals surface area contributed by atoms with Crippen molar-refractivity contribution in [3.63, 3.8) is 0 Å². The van der Waals surface area contributed by atoms with Crippen LogP contribution in [0.25, 0.3) is 10.9 Å². The van der Waals surface area contributed by atoms with E-state index in [0.29, 0.717) is 0 Å². The lowest BCUT2D eigenvalue weighted by Crippen LogP contribution is -2.17. The third-order valence-electron chi connectivity index (χ3n) is 4.11. The number of rotatable bonds is 5. The van der Waals surface area contributed by atoms with E-state index in [2.05, 4.69) is 42.5 Å². The Morgan fingerprint density at radius 3 is 2.89 bits per heavy atom. The summed E-state index contributed by atoms with van der Waals surface area (Å²) in [5.74, 6) is 0. The van der Waals surface area contributed by atoms with Crippen LogP contribution in [-0.4, -0.2) is 17.6 Å². The number of hydrogen-bond donors (Lipinski definition) is 2. The van der Waals surface area contributed by atoms with Crippen LogP contribution >= 0.6 is 0 Å². The van der Waals surface area contributed by atoms with Crippen molar-refractivity contribution < 1.29 is 0 Å². The number of nitrogens with one attached hydrogen (secondary N) is 2. The second kappa shape index (κ2) is 4.77. The van der Waals surface area contributed by atoms with E-state index in [9.17, 15) is 0 Å². The van der Waals surface area contributed by atoms with Crippen molar-refractivity contribution in [3.05, 3.63) is 35.0 Å². The molecule has 0 spiro atoms. The first-order valence-corrected chi connectivity index (χ1v) is 7.05. The quantitative estimate of drug-likeness (QED) is 0.772. The van der Waals surface area contributed by atoms with Crippen molar-refractivity contribution >= 4 is 10.9 Å². The fraction of sp³-hybridized carbons (Fsp3) is 0.500. The Kier molecular flexibility index (Phi) is 3.13. The molecule has 0 unspecified atom stereocenters. The third kappa shape index (κ3) is 2.30. The van der Waals surface area contributed by atoms with Gasteiger partial charge in [-0.15, -0.1) is 0 Å². The largest absolute Gasteiger partial charge is 0.361 e. The molecule has 1 saturated carbocycles. The van der Waals surface area contributed by atoms with E-state index < -0.39 is 0 Å². The number of aromatic amines is 1. The third-order valence-corrected chi connectivity index (χ3v) is 4.11. The maximum absolute atomic E-state index is 3.58. The highest BCUT2D eigenvalue weighted by Gasteiger charge is 2.19. The Labute approximate surface area is 109 Å². The van der Waals surface area contributed by atoms with Crippen molar-refractivity contribution in [1.29, 1.82) is 0 Å². The molecule has 1 aliphatic rings. The molecular weight excluding hydrogens is 220 g/mol. The van der Waals surface area contributed by atoms with Crippen LogP contribution in [0.5, 0.6) is 0 Å². The van der Waals surface area contributed by atoms with Gasteiger partial charge in [0, 0.05) is 23.1 Å². The van der Waals surface area contributed by atoms with Crippen LogP contribution in [0.15, 0.2) is 18.3 Å². The van der Waals surface area contributed by atoms with E-state index in [4.69, 9.17) is 0 Å². The summed E-state index contributed by atoms with van der Waals surface area (Å²) in [4.78, 5) is 3.44. The molecule has 2 N–H and O–H groups in total. The van der Waals surface area contributed by atoms with Crippen LogP contribution in [-0.2, 0) is 6.42 Å². The lowest BCUT2D eigenvalue weighted by atomic mass is 10.0. The molecule has 0 amide bonds. The summed E-state index contributed by atoms with van der Waals surface area (Å²) in [5.41, 5.74) is 5.53. The highest BCUT2D eigenvalue weighted by atomic mass is 14.9. The first-order valence-electron chi connectivity index (χ1n) is 7.05. The topological polar surface area (TPSA) is 27.8 Å². The predicted octanol–water partition coefficient (Wildman–Crippen LogP) is 3.47. The molecule has 2 heteroatoms. The Hall–Kier alpha value is -1.28. The van der Waals surface area contributed by atoms with E-state index in [-0.39, 0.29) is 0 Å². The van der Waals surface area contributed by atoms with E-state index in [1.807, 2.05) is 0 Å². The SMILES string of the molecule is Cc1ccc2c(CCCNC3CC3)c[nH]c2c1C. The lowest BCUT2D eigenvalue weighted by Gasteiger charge is -2.04. The Balaban J connectivity index is 1.69. The minimum absolute atomic E-state index is 0.831. The van der Waals surface area contributed by atoms with Crippen molar-refractivity contribution in [3.8, 4) is 0 Å². The van der Waals surface area contributed by atoms with Gasteiger partial charge >= 0.3 is 0 Å². The Bertz CT molecular complexity index is 549. The van der Waals surface area contributed by atoms with E-state index in [1.165, 1.54) is 53.3 Å². The molecule has 0 aliphatic heterocycles. The van der Waals surface area contributed by atoms with E-state index >= 15 is 0 Å². The van der Waals surface area contributed by atoms with Gasteiger partial charge in [0.2, 0.25) is 0 Å². The van der Waals surface area contributed by atoms with Gasteiger partial charge in [-0.1, -0.05) is 12.1 Å². The predicted molar refractivity (Wildman–Crippen MR) is 77.1 cm³/mol. The van der Waals surface area contributed by atoms with Crippen LogP contribution < -0.4 is 5.32 Å². The van der Waals surface area contributed by atoms with Gasteiger partial charge in [-0.25, -0.2) is 0 Å². The number of hydrogen-bond acceptors (Lipinski definition) is 1. The summed E-state index contributed by atoms with van der Waals surface area (Å²) >= 11 is 0. The van der Waals surface area contributed by atoms with Crippen LogP contribution in [0.3, 0.4) is 0 Å². The highest BCUT2D eigenvalue weighted by Crippen LogP contribution is 2.24. The second-order valence-electron chi connectivity index (χ2n) is 5.58. The van der Waals surface area contributed by atoms with Gasteiger partial charge in [0.25, 0.3) is 0 Å². The van der Waals surface area contributed by atoms with Crippen molar-refractivity contribution in [2.24, 2.45) is 0 Å². The fourth-order valence-corrected chi connectivity index (χ4v) is 2.59. The Morgan fingerprint density at radius 2 is 2.11 bits per heavy atom. The molecule has 0 bridgehead atoms. The molecule has 1 aromatic carbocycles. The molecule has 1 aromatic heterocycles. The van der Waals surface area contributed by atoms with E-state index in [0.717, 1.165) is 12.6 Å². The fourth-order valence-electron chi connectivity index (χ4n) is 2.59. The minimum Gasteiger partial charge on any atom is -0.361 e. The maximum Gasteiger partial charge on any atom is 0.0489 e. The summed E-state index contributed by atoms with van der Waals surface area (Å²) < 4.78 is 0. The summed E-state index contributed by atoms with van der Waals surface area (Å²) in [7, 11) is 0. The first kappa shape index (κ1) is 11.8. The summed E-state index contributed by atoms with van der Waals surface area (Å²) in [6.45, 7) is 5.53. The molecule has 1 fully saturated rings. The number of aryl methyl sites for hydroxylation is 3. The molecule has 1 aliphatic carbocycles. The first-order chi connectivity index (χ1) is 8.75. The van der Waals surface area contributed by atoms with Crippen LogP contribution in [0.4, 0.5) is 0 Å². The van der Waals surface area contributed by atoms with Crippen molar-refractivity contribution in [2.75, 3.05) is 6.54 Å². The lowest BCUT2D eigenvalue weighted by molar-refractivity contribution is 0.646. The second-order valence-corrected chi connectivity index (χ2v) is 5.58. The summed E-state index contributed by atoms with van der Waals surface area (Å²) in [5, 5.41) is 4.98. The number of aromatic nitrogens is 1. The molecule has 2 aromatic rings. The monoisotopic (exact) mass is 242 g/mol. The van der Waals surface area contributed by atoms with Gasteiger partial charge in [0.05, 0.1) is 0 Å². The van der Waals surface area contributed by atoms with Gasteiger partial charge < -0.3 is 10.3 Å². The van der Waals surface area contributed by atoms with Crippen molar-refractivity contribution in [2.45, 2.75) is 45.6 Å². The zero-order valence-electron chi connectivity index (χ0n) is 11.3. The van der Waals surface area contributed by atoms with Gasteiger partial charge in [-0.05, 0) is 62.8 Å². The molecule has 3 rings (SSSR count). The normalized spacial score (nSPS) is 15.4. The van der Waals surface area contributed by atoms with Crippen molar-refractivity contribution in [1.82, 2.24) is 10.3 Å². The molecule has 96 valence electrons. The van der Waals surface area contributed by atoms with Gasteiger partial charge in [0.1, 0.15) is 0 Å². The molecule has 2 nitrogen and oxygen atoms in total. The highest BCUT2D eigenvalue weighted by molar-refractivity contribution is 5.86. The summed E-state index contributed by atoms with van der Waals surface area (Å²) in [6.07, 6.45) is 7.35. The van der Waals surface area contributed by atoms with Gasteiger partial charge in [-0.3, -0.25) is 0 Å². The minimum atomic E-state index is 0.831. The average Bonchev–Trinajstić information content (AvgIpc) is 3.10. The molecule has 0 atom stereocenters. The zero-order valence-corrected chi connectivity index (χ0v) is 11.3. The molecule has 18 heavy (non-hydrogen) atoms. The molecule has 0 saturated heterocycles. The summed E-state index contributed by atoms with van der Waals surface area (Å²) in [6, 6.07) is 5.33. The van der Waals surface area contributed by atoms with Gasteiger partial charge in [-0.2, -0.15) is 0 Å². The van der Waals surface area contributed by atoms with Gasteiger partial charge in [0.15, 0.2) is 0 Å². The number of fused-ring (bicyclic) bond motifs is 1. The Morgan fingerprint density at radius 1 is 1.28 bits per heavy atom. The standard InChI is InChI=1S/C16H22N2/c1-11-5-8-15-13(10-18-16(15)12(11)2)4-3-9-17-14-6-7-14/h5,8,10,14,17-18H,3-4,6-7,9H2,1-2H3. The molecular formula is C16H22N2. The molecule has 0 radical (unpaired) electrons. The average molecular weight is 242 g/mol. The van der Waals surface area contributed by atoms with Crippen LogP contribution in [0.2, 0.25) is 0 Å². The zero-order chi connectivity index (χ0) is 12.5. The van der Waals surface area contributed by atoms with E-state index in [1.54, 1.807) is 0 Å². The van der Waals surface area contributed by atoms with Crippen LogP contribution in [0, 0.1) is 13.8 Å². The number of benzene rings is 1. The molecule has 1 heterocycles.